The molecule has 0 saturated carbocycles. The van der Waals surface area contributed by atoms with E-state index in [4.69, 9.17) is 5.11 Å². The van der Waals surface area contributed by atoms with Gasteiger partial charge in [-0.2, -0.15) is 0 Å². The van der Waals surface area contributed by atoms with Crippen molar-refractivity contribution in [2.24, 2.45) is 0 Å². The van der Waals surface area contributed by atoms with Crippen LogP contribution in [0.15, 0.2) is 24.3 Å². The number of nitrogens with one attached hydrogen (secondary N) is 1. The van der Waals surface area contributed by atoms with Gasteiger partial charge in [0.15, 0.2) is 0 Å². The maximum absolute atomic E-state index is 11.2. The van der Waals surface area contributed by atoms with Gasteiger partial charge in [0.05, 0.1) is 5.56 Å². The average molecular weight is 291 g/mol. The van der Waals surface area contributed by atoms with Crippen molar-refractivity contribution >= 4 is 17.6 Å². The van der Waals surface area contributed by atoms with E-state index in [9.17, 15) is 9.59 Å². The number of carboxylic acids is 1. The molecule has 1 aliphatic rings. The van der Waals surface area contributed by atoms with Gasteiger partial charge < -0.3 is 15.3 Å². The van der Waals surface area contributed by atoms with Gasteiger partial charge in [0.25, 0.3) is 0 Å². The minimum absolute atomic E-state index is 0.128. The summed E-state index contributed by atoms with van der Waals surface area (Å²) in [7, 11) is 0. The van der Waals surface area contributed by atoms with Crippen molar-refractivity contribution in [1.82, 2.24) is 9.80 Å². The monoisotopic (exact) mass is 291 g/mol. The van der Waals surface area contributed by atoms with Crippen molar-refractivity contribution in [3.8, 4) is 0 Å². The van der Waals surface area contributed by atoms with Crippen LogP contribution < -0.4 is 5.32 Å². The lowest BCUT2D eigenvalue weighted by Crippen LogP contribution is -2.49. The summed E-state index contributed by atoms with van der Waals surface area (Å²) >= 11 is 0. The fourth-order valence-corrected chi connectivity index (χ4v) is 2.46. The van der Waals surface area contributed by atoms with E-state index in [1.807, 2.05) is 11.0 Å². The molecular weight excluding hydrogens is 270 g/mol. The lowest BCUT2D eigenvalue weighted by Gasteiger charge is -2.34. The van der Waals surface area contributed by atoms with Gasteiger partial charge in [-0.05, 0) is 12.1 Å². The summed E-state index contributed by atoms with van der Waals surface area (Å²) in [5.41, 5.74) is 0.936. The predicted molar refractivity (Wildman–Crippen MR) is 80.6 cm³/mol. The molecule has 1 aliphatic heterocycles. The number of benzene rings is 1. The molecule has 0 aromatic heterocycles. The number of carboxylic acid groups (broad SMARTS) is 1. The van der Waals surface area contributed by atoms with Crippen molar-refractivity contribution < 1.29 is 14.7 Å². The number of rotatable bonds is 5. The molecule has 1 amide bonds. The summed E-state index contributed by atoms with van der Waals surface area (Å²) in [5.74, 6) is -0.795. The fourth-order valence-electron chi connectivity index (χ4n) is 2.46. The topological polar surface area (TPSA) is 72.9 Å². The van der Waals surface area contributed by atoms with Crippen molar-refractivity contribution in [2.45, 2.75) is 6.92 Å². The van der Waals surface area contributed by atoms with Crippen LogP contribution in [0, 0.1) is 0 Å². The molecule has 0 aliphatic carbocycles. The van der Waals surface area contributed by atoms with E-state index in [0.29, 0.717) is 17.8 Å². The SMILES string of the molecule is CC(=O)N1CCN(CCNc2ccccc2C(=O)O)CC1. The van der Waals surface area contributed by atoms with Gasteiger partial charge in [-0.3, -0.25) is 9.69 Å². The van der Waals surface area contributed by atoms with Crippen LogP contribution in [0.25, 0.3) is 0 Å². The van der Waals surface area contributed by atoms with E-state index in [1.54, 1.807) is 25.1 Å². The number of piperazine rings is 1. The molecule has 2 rings (SSSR count). The molecule has 21 heavy (non-hydrogen) atoms. The molecule has 1 heterocycles. The van der Waals surface area contributed by atoms with Crippen molar-refractivity contribution in [2.75, 3.05) is 44.6 Å². The summed E-state index contributed by atoms with van der Waals surface area (Å²) < 4.78 is 0. The molecule has 6 heteroatoms. The second-order valence-corrected chi connectivity index (χ2v) is 5.13. The molecule has 2 N–H and O–H groups in total. The van der Waals surface area contributed by atoms with E-state index >= 15 is 0 Å². The van der Waals surface area contributed by atoms with Crippen LogP contribution in [0.1, 0.15) is 17.3 Å². The van der Waals surface area contributed by atoms with Crippen LogP contribution in [0.5, 0.6) is 0 Å². The maximum Gasteiger partial charge on any atom is 0.337 e. The number of nitrogens with zero attached hydrogens (tertiary/aromatic N) is 2. The van der Waals surface area contributed by atoms with Crippen LogP contribution in [0.3, 0.4) is 0 Å². The number of carbonyl (C=O) groups is 2. The number of amides is 1. The Kier molecular flexibility index (Phi) is 5.16. The Hall–Kier alpha value is -2.08. The lowest BCUT2D eigenvalue weighted by atomic mass is 10.2. The Morgan fingerprint density at radius 2 is 1.86 bits per heavy atom. The van der Waals surface area contributed by atoms with Crippen LogP contribution in [0.2, 0.25) is 0 Å². The molecule has 0 atom stereocenters. The molecule has 0 radical (unpaired) electrons. The molecule has 6 nitrogen and oxygen atoms in total. The number of anilines is 1. The molecule has 0 bridgehead atoms. The lowest BCUT2D eigenvalue weighted by molar-refractivity contribution is -0.130. The van der Waals surface area contributed by atoms with E-state index in [0.717, 1.165) is 32.7 Å². The zero-order valence-corrected chi connectivity index (χ0v) is 12.2. The van der Waals surface area contributed by atoms with E-state index in [1.165, 1.54) is 0 Å². The van der Waals surface area contributed by atoms with E-state index in [2.05, 4.69) is 10.2 Å². The first-order valence-electron chi connectivity index (χ1n) is 7.12. The highest BCUT2D eigenvalue weighted by molar-refractivity contribution is 5.94. The zero-order valence-electron chi connectivity index (χ0n) is 12.2. The highest BCUT2D eigenvalue weighted by atomic mass is 16.4. The molecule has 1 saturated heterocycles. The molecular formula is C15H21N3O3. The summed E-state index contributed by atoms with van der Waals surface area (Å²) in [6.07, 6.45) is 0. The number of aromatic carboxylic acids is 1. The predicted octanol–water partition coefficient (Wildman–Crippen LogP) is 0.961. The third-order valence-electron chi connectivity index (χ3n) is 3.72. The van der Waals surface area contributed by atoms with Crippen LogP contribution in [-0.4, -0.2) is 66.1 Å². The fraction of sp³-hybridized carbons (Fsp3) is 0.467. The maximum atomic E-state index is 11.2. The van der Waals surface area contributed by atoms with Crippen LogP contribution >= 0.6 is 0 Å². The Balaban J connectivity index is 1.78. The van der Waals surface area contributed by atoms with Gasteiger partial charge in [-0.15, -0.1) is 0 Å². The van der Waals surface area contributed by atoms with Crippen LogP contribution in [0.4, 0.5) is 5.69 Å². The first kappa shape index (κ1) is 15.3. The smallest absolute Gasteiger partial charge is 0.337 e. The van der Waals surface area contributed by atoms with Gasteiger partial charge in [0.2, 0.25) is 5.91 Å². The summed E-state index contributed by atoms with van der Waals surface area (Å²) in [4.78, 5) is 26.5. The standard InChI is InChI=1S/C15H21N3O3/c1-12(19)18-10-8-17(9-11-18)7-6-16-14-5-3-2-4-13(14)15(20)21/h2-5,16H,6-11H2,1H3,(H,20,21). The van der Waals surface area contributed by atoms with E-state index < -0.39 is 5.97 Å². The minimum Gasteiger partial charge on any atom is -0.478 e. The average Bonchev–Trinajstić information content (AvgIpc) is 2.48. The highest BCUT2D eigenvalue weighted by Crippen LogP contribution is 2.14. The zero-order chi connectivity index (χ0) is 15.2. The molecule has 114 valence electrons. The van der Waals surface area contributed by atoms with Gasteiger partial charge in [-0.25, -0.2) is 4.79 Å². The van der Waals surface area contributed by atoms with Gasteiger partial charge in [0, 0.05) is 51.9 Å². The Labute approximate surface area is 124 Å². The van der Waals surface area contributed by atoms with Crippen LogP contribution in [-0.2, 0) is 4.79 Å². The number of hydrogen-bond donors (Lipinski definition) is 2. The summed E-state index contributed by atoms with van der Waals surface area (Å²) in [5, 5.41) is 12.3. The number of carbonyl (C=O) groups excluding carboxylic acids is 1. The molecule has 0 unspecified atom stereocenters. The molecule has 1 aromatic rings. The van der Waals surface area contributed by atoms with Gasteiger partial charge in [0.1, 0.15) is 0 Å². The van der Waals surface area contributed by atoms with Crippen molar-refractivity contribution in [1.29, 1.82) is 0 Å². The third-order valence-corrected chi connectivity index (χ3v) is 3.72. The largest absolute Gasteiger partial charge is 0.478 e. The highest BCUT2D eigenvalue weighted by Gasteiger charge is 2.18. The van der Waals surface area contributed by atoms with Crippen molar-refractivity contribution in [3.63, 3.8) is 0 Å². The summed E-state index contributed by atoms with van der Waals surface area (Å²) in [6, 6.07) is 6.91. The quantitative estimate of drug-likeness (QED) is 0.845. The number of hydrogen-bond acceptors (Lipinski definition) is 4. The normalized spacial score (nSPS) is 15.8. The van der Waals surface area contributed by atoms with Crippen molar-refractivity contribution in [3.05, 3.63) is 29.8 Å². The first-order valence-corrected chi connectivity index (χ1v) is 7.12. The van der Waals surface area contributed by atoms with Gasteiger partial charge >= 0.3 is 5.97 Å². The summed E-state index contributed by atoms with van der Waals surface area (Å²) in [6.45, 7) is 6.37. The first-order chi connectivity index (χ1) is 10.1. The third kappa shape index (κ3) is 4.19. The molecule has 0 spiro atoms. The number of para-hydroxylation sites is 1. The minimum atomic E-state index is -0.923. The second-order valence-electron chi connectivity index (χ2n) is 5.13. The molecule has 1 fully saturated rings. The molecule has 1 aromatic carbocycles. The van der Waals surface area contributed by atoms with Gasteiger partial charge in [-0.1, -0.05) is 12.1 Å². The Bertz CT molecular complexity index is 511. The van der Waals surface area contributed by atoms with E-state index in [-0.39, 0.29) is 5.91 Å². The Morgan fingerprint density at radius 1 is 1.19 bits per heavy atom. The Morgan fingerprint density at radius 3 is 2.48 bits per heavy atom. The second kappa shape index (κ2) is 7.08.